The maximum absolute atomic E-state index is 13.1. The van der Waals surface area contributed by atoms with Crippen molar-refractivity contribution in [3.63, 3.8) is 0 Å². The van der Waals surface area contributed by atoms with Crippen LogP contribution in [0.2, 0.25) is 0 Å². The van der Waals surface area contributed by atoms with Gasteiger partial charge in [0.15, 0.2) is 6.29 Å². The predicted molar refractivity (Wildman–Crippen MR) is 189 cm³/mol. The van der Waals surface area contributed by atoms with E-state index in [1.165, 1.54) is 4.90 Å². The van der Waals surface area contributed by atoms with Gasteiger partial charge in [0.1, 0.15) is 5.75 Å². The average molecular weight is 672 g/mol. The van der Waals surface area contributed by atoms with Crippen LogP contribution in [0.25, 0.3) is 11.1 Å². The summed E-state index contributed by atoms with van der Waals surface area (Å²) in [5, 5.41) is 9.60. The summed E-state index contributed by atoms with van der Waals surface area (Å²) >= 11 is 1.70. The molecular weight excluding hydrogens is 635 g/mol. The fourth-order valence-electron chi connectivity index (χ4n) is 6.53. The van der Waals surface area contributed by atoms with Crippen LogP contribution in [0.5, 0.6) is 5.75 Å². The summed E-state index contributed by atoms with van der Waals surface area (Å²) in [6, 6.07) is 38.8. The molecule has 0 spiro atoms. The molecule has 248 valence electrons. The topological polar surface area (TPSA) is 85.3 Å². The Kier molecular flexibility index (Phi) is 9.64. The largest absolute Gasteiger partial charge is 0.496 e. The Morgan fingerprint density at radius 1 is 0.735 bits per heavy atom. The fourth-order valence-corrected chi connectivity index (χ4v) is 7.73. The summed E-state index contributed by atoms with van der Waals surface area (Å²) < 4.78 is 19.0. The second-order valence-corrected chi connectivity index (χ2v) is 13.4. The van der Waals surface area contributed by atoms with Gasteiger partial charge < -0.3 is 19.3 Å². The molecule has 5 aromatic rings. The number of imide groups is 1. The first kappa shape index (κ1) is 32.8. The Bertz CT molecular complexity index is 1930. The molecule has 0 aromatic heterocycles. The van der Waals surface area contributed by atoms with Gasteiger partial charge in [0.05, 0.1) is 43.6 Å². The zero-order valence-corrected chi connectivity index (χ0v) is 28.1. The van der Waals surface area contributed by atoms with E-state index in [1.54, 1.807) is 43.1 Å². The molecule has 2 amide bonds. The number of nitrogens with zero attached hydrogens (tertiary/aromatic N) is 1. The number of hydrogen-bond acceptors (Lipinski definition) is 7. The Labute approximate surface area is 290 Å². The quantitative estimate of drug-likeness (QED) is 0.118. The predicted octanol–water partition coefficient (Wildman–Crippen LogP) is 8.23. The summed E-state index contributed by atoms with van der Waals surface area (Å²) in [5.74, 6) is 1.04. The third-order valence-electron chi connectivity index (χ3n) is 9.31. The number of fused-ring (bicyclic) bond motifs is 1. The van der Waals surface area contributed by atoms with E-state index >= 15 is 0 Å². The third kappa shape index (κ3) is 6.65. The minimum Gasteiger partial charge on any atom is -0.496 e. The van der Waals surface area contributed by atoms with Gasteiger partial charge in [0.25, 0.3) is 11.8 Å². The second kappa shape index (κ2) is 14.4. The Morgan fingerprint density at radius 3 is 2.02 bits per heavy atom. The second-order valence-electron chi connectivity index (χ2n) is 12.3. The summed E-state index contributed by atoms with van der Waals surface area (Å²) in [5.41, 5.74) is 6.43. The van der Waals surface area contributed by atoms with E-state index in [-0.39, 0.29) is 43.1 Å². The molecule has 0 aliphatic carbocycles. The molecule has 4 atom stereocenters. The van der Waals surface area contributed by atoms with E-state index in [0.29, 0.717) is 16.9 Å². The highest BCUT2D eigenvalue weighted by Crippen LogP contribution is 2.44. The molecular formula is C41H37NO6S. The molecule has 2 heterocycles. The van der Waals surface area contributed by atoms with Crippen LogP contribution < -0.4 is 4.74 Å². The number of aliphatic hydroxyl groups is 1. The number of hydrogen-bond donors (Lipinski definition) is 1. The molecule has 2 aliphatic heterocycles. The fraction of sp³-hybridized carbons (Fsp3) is 0.220. The zero-order chi connectivity index (χ0) is 33.9. The first-order valence-corrected chi connectivity index (χ1v) is 17.3. The number of amides is 2. The van der Waals surface area contributed by atoms with Crippen LogP contribution in [-0.4, -0.2) is 40.8 Å². The minimum absolute atomic E-state index is 0.0148. The van der Waals surface area contributed by atoms with E-state index in [2.05, 4.69) is 13.0 Å². The summed E-state index contributed by atoms with van der Waals surface area (Å²) in [6.45, 7) is 2.32. The minimum atomic E-state index is -0.607. The van der Waals surface area contributed by atoms with Crippen LogP contribution in [0, 0.1) is 5.92 Å². The summed E-state index contributed by atoms with van der Waals surface area (Å²) in [6.07, 6.45) is -0.962. The van der Waals surface area contributed by atoms with Crippen LogP contribution in [0.1, 0.15) is 62.3 Å². The molecule has 7 nitrogen and oxygen atoms in total. The van der Waals surface area contributed by atoms with Gasteiger partial charge in [-0.15, -0.1) is 11.8 Å². The van der Waals surface area contributed by atoms with Crippen LogP contribution in [-0.2, 0) is 22.6 Å². The highest BCUT2D eigenvalue weighted by molar-refractivity contribution is 7.99. The van der Waals surface area contributed by atoms with Crippen molar-refractivity contribution >= 4 is 23.6 Å². The lowest BCUT2D eigenvalue weighted by atomic mass is 9.91. The van der Waals surface area contributed by atoms with Crippen molar-refractivity contribution in [2.75, 3.05) is 12.9 Å². The number of aliphatic hydroxyl groups excluding tert-OH is 1. The van der Waals surface area contributed by atoms with Crippen molar-refractivity contribution in [3.05, 3.63) is 155 Å². The van der Waals surface area contributed by atoms with E-state index in [1.807, 2.05) is 91.0 Å². The summed E-state index contributed by atoms with van der Waals surface area (Å²) in [4.78, 5) is 28.6. The van der Waals surface area contributed by atoms with E-state index in [4.69, 9.17) is 14.2 Å². The van der Waals surface area contributed by atoms with Gasteiger partial charge in [-0.3, -0.25) is 14.5 Å². The average Bonchev–Trinajstić information content (AvgIpc) is 3.39. The molecule has 1 N–H and O–H groups in total. The van der Waals surface area contributed by atoms with E-state index < -0.39 is 6.29 Å². The number of benzene rings is 5. The van der Waals surface area contributed by atoms with Crippen molar-refractivity contribution in [1.82, 2.24) is 4.90 Å². The lowest BCUT2D eigenvalue weighted by Gasteiger charge is -2.41. The Morgan fingerprint density at radius 2 is 1.35 bits per heavy atom. The van der Waals surface area contributed by atoms with Gasteiger partial charge in [-0.2, -0.15) is 0 Å². The molecule has 1 saturated heterocycles. The summed E-state index contributed by atoms with van der Waals surface area (Å²) in [7, 11) is 1.68. The zero-order valence-electron chi connectivity index (χ0n) is 27.3. The molecule has 0 saturated carbocycles. The standard InChI is InChI=1S/C41H37NO6S/c1-26-36(25-49-37-14-8-7-13-35(37)46-2)47-41(48-38(26)29-17-15-27(24-43)16-18-29)30-21-19-28(20-22-30)32-10-4-3-9-31(32)23-42-39(44)33-11-5-6-12-34(33)40(42)45/h3-22,26,36,38,41,43H,23-25H2,1-2H3. The maximum atomic E-state index is 13.1. The molecule has 0 radical (unpaired) electrons. The number of carbonyl (C=O) groups is 2. The van der Waals surface area contributed by atoms with Crippen molar-refractivity contribution in [3.8, 4) is 16.9 Å². The number of carbonyl (C=O) groups excluding carboxylic acids is 2. The van der Waals surface area contributed by atoms with Gasteiger partial charge in [0.2, 0.25) is 0 Å². The number of rotatable bonds is 10. The number of thioether (sulfide) groups is 1. The van der Waals surface area contributed by atoms with Crippen LogP contribution in [0.3, 0.4) is 0 Å². The van der Waals surface area contributed by atoms with Crippen LogP contribution in [0.4, 0.5) is 0 Å². The molecule has 4 unspecified atom stereocenters. The molecule has 49 heavy (non-hydrogen) atoms. The Balaban J connectivity index is 1.13. The molecule has 2 aliphatic rings. The Hall–Kier alpha value is -4.73. The van der Waals surface area contributed by atoms with Gasteiger partial charge in [-0.05, 0) is 52.1 Å². The molecule has 5 aromatic carbocycles. The first-order valence-electron chi connectivity index (χ1n) is 16.3. The van der Waals surface area contributed by atoms with Crippen molar-refractivity contribution in [2.45, 2.75) is 43.5 Å². The SMILES string of the molecule is COc1ccccc1SCC1OC(c2ccc(-c3ccccc3CN3C(=O)c4ccccc4C3=O)cc2)OC(c2ccc(CO)cc2)C1C. The molecule has 8 heteroatoms. The lowest BCUT2D eigenvalue weighted by Crippen LogP contribution is -2.38. The van der Waals surface area contributed by atoms with Crippen molar-refractivity contribution in [2.24, 2.45) is 5.92 Å². The van der Waals surface area contributed by atoms with Crippen LogP contribution in [0.15, 0.2) is 126 Å². The number of para-hydroxylation sites is 1. The monoisotopic (exact) mass is 671 g/mol. The van der Waals surface area contributed by atoms with Gasteiger partial charge in [0, 0.05) is 22.1 Å². The number of ether oxygens (including phenoxy) is 3. The van der Waals surface area contributed by atoms with Gasteiger partial charge in [-0.1, -0.05) is 104 Å². The highest BCUT2D eigenvalue weighted by Gasteiger charge is 2.39. The van der Waals surface area contributed by atoms with Crippen molar-refractivity contribution in [1.29, 1.82) is 0 Å². The number of methoxy groups -OCH3 is 1. The lowest BCUT2D eigenvalue weighted by molar-refractivity contribution is -0.268. The van der Waals surface area contributed by atoms with E-state index in [0.717, 1.165) is 44.0 Å². The first-order chi connectivity index (χ1) is 23.9. The van der Waals surface area contributed by atoms with Gasteiger partial charge in [-0.25, -0.2) is 0 Å². The molecule has 1 fully saturated rings. The molecule has 0 bridgehead atoms. The van der Waals surface area contributed by atoms with Crippen LogP contribution >= 0.6 is 11.8 Å². The third-order valence-corrected chi connectivity index (χ3v) is 10.5. The van der Waals surface area contributed by atoms with E-state index in [9.17, 15) is 14.7 Å². The normalized spacial score (nSPS) is 20.3. The maximum Gasteiger partial charge on any atom is 0.261 e. The highest BCUT2D eigenvalue weighted by atomic mass is 32.2. The van der Waals surface area contributed by atoms with Gasteiger partial charge >= 0.3 is 0 Å². The smallest absolute Gasteiger partial charge is 0.261 e. The molecule has 7 rings (SSSR count). The van der Waals surface area contributed by atoms with Crippen molar-refractivity contribution < 1.29 is 28.9 Å².